The normalized spacial score (nSPS) is 11.4. The minimum atomic E-state index is -1.23. The highest BCUT2D eigenvalue weighted by atomic mass is 19.1. The van der Waals surface area contributed by atoms with E-state index in [4.69, 9.17) is 10.5 Å². The number of ether oxygens (including phenoxy) is 1. The minimum absolute atomic E-state index is 0.0507. The minimum Gasteiger partial charge on any atom is -0.449 e. The third-order valence-electron chi connectivity index (χ3n) is 3.25. The highest BCUT2D eigenvalue weighted by Gasteiger charge is 2.22. The number of benzene rings is 2. The van der Waals surface area contributed by atoms with Crippen LogP contribution in [0.25, 0.3) is 0 Å². The summed E-state index contributed by atoms with van der Waals surface area (Å²) in [4.78, 5) is 34.0. The van der Waals surface area contributed by atoms with E-state index in [0.29, 0.717) is 0 Å². The van der Waals surface area contributed by atoms with Crippen LogP contribution in [-0.2, 0) is 9.53 Å². The highest BCUT2D eigenvalue weighted by molar-refractivity contribution is 5.99. The first-order chi connectivity index (χ1) is 11.8. The SMILES string of the molecule is C[C@@H](OC(=O)c1ccc([N+](=O)[O-])cc1N)C(=O)Nc1ccccc1F. The molecule has 0 radical (unpaired) electrons. The van der Waals surface area contributed by atoms with Gasteiger partial charge >= 0.3 is 5.97 Å². The maximum atomic E-state index is 13.5. The van der Waals surface area contributed by atoms with E-state index in [1.807, 2.05) is 0 Å². The summed E-state index contributed by atoms with van der Waals surface area (Å²) in [6.07, 6.45) is -1.23. The van der Waals surface area contributed by atoms with Gasteiger partial charge in [0.1, 0.15) is 5.82 Å². The maximum absolute atomic E-state index is 13.5. The molecule has 0 saturated carbocycles. The Hall–Kier alpha value is -3.49. The molecule has 2 aromatic rings. The van der Waals surface area contributed by atoms with Gasteiger partial charge in [0, 0.05) is 12.1 Å². The highest BCUT2D eigenvalue weighted by Crippen LogP contribution is 2.21. The zero-order valence-electron chi connectivity index (χ0n) is 13.1. The van der Waals surface area contributed by atoms with Crippen molar-refractivity contribution in [3.8, 4) is 0 Å². The molecular weight excluding hydrogens is 333 g/mol. The number of nitrogens with one attached hydrogen (secondary N) is 1. The van der Waals surface area contributed by atoms with E-state index in [0.717, 1.165) is 18.2 Å². The smallest absolute Gasteiger partial charge is 0.341 e. The van der Waals surface area contributed by atoms with Gasteiger partial charge in [-0.1, -0.05) is 12.1 Å². The molecule has 25 heavy (non-hydrogen) atoms. The second kappa shape index (κ2) is 7.39. The van der Waals surface area contributed by atoms with E-state index in [9.17, 15) is 24.1 Å². The molecule has 2 rings (SSSR count). The van der Waals surface area contributed by atoms with E-state index in [1.165, 1.54) is 31.2 Å². The lowest BCUT2D eigenvalue weighted by molar-refractivity contribution is -0.384. The first-order valence-corrected chi connectivity index (χ1v) is 7.10. The number of hydrogen-bond donors (Lipinski definition) is 2. The van der Waals surface area contributed by atoms with Gasteiger partial charge in [0.25, 0.3) is 11.6 Å². The number of nitrogens with zero attached hydrogens (tertiary/aromatic N) is 1. The number of carbonyl (C=O) groups is 2. The standard InChI is InChI=1S/C16H14FN3O5/c1-9(15(21)19-14-5-3-2-4-12(14)17)25-16(22)11-7-6-10(20(23)24)8-13(11)18/h2-9H,18H2,1H3,(H,19,21)/t9-/m1/s1. The number of anilines is 2. The number of carbonyl (C=O) groups excluding carboxylic acids is 2. The summed E-state index contributed by atoms with van der Waals surface area (Å²) in [6, 6.07) is 8.77. The predicted octanol–water partition coefficient (Wildman–Crippen LogP) is 2.50. The molecule has 130 valence electrons. The zero-order valence-corrected chi connectivity index (χ0v) is 13.1. The molecule has 0 aromatic heterocycles. The number of nitrogens with two attached hydrogens (primary N) is 1. The number of non-ortho nitro benzene ring substituents is 1. The third kappa shape index (κ3) is 4.28. The first-order valence-electron chi connectivity index (χ1n) is 7.10. The van der Waals surface area contributed by atoms with Crippen molar-refractivity contribution < 1.29 is 23.6 Å². The molecule has 0 spiro atoms. The molecule has 0 fully saturated rings. The molecule has 0 bridgehead atoms. The number of rotatable bonds is 5. The average Bonchev–Trinajstić information content (AvgIpc) is 2.56. The van der Waals surface area contributed by atoms with Crippen LogP contribution in [0.5, 0.6) is 0 Å². The molecule has 8 nitrogen and oxygen atoms in total. The number of nitro benzene ring substituents is 1. The summed E-state index contributed by atoms with van der Waals surface area (Å²) < 4.78 is 18.5. The number of esters is 1. The maximum Gasteiger partial charge on any atom is 0.341 e. The number of nitro groups is 1. The molecule has 0 aliphatic heterocycles. The van der Waals surface area contributed by atoms with Gasteiger partial charge in [-0.2, -0.15) is 0 Å². The molecule has 0 aliphatic carbocycles. The van der Waals surface area contributed by atoms with Crippen LogP contribution in [0.15, 0.2) is 42.5 Å². The second-order valence-corrected chi connectivity index (χ2v) is 5.05. The Balaban J connectivity index is 2.06. The number of amides is 1. The van der Waals surface area contributed by atoms with Crippen LogP contribution in [0, 0.1) is 15.9 Å². The lowest BCUT2D eigenvalue weighted by Crippen LogP contribution is -2.30. The largest absolute Gasteiger partial charge is 0.449 e. The summed E-state index contributed by atoms with van der Waals surface area (Å²) in [7, 11) is 0. The van der Waals surface area contributed by atoms with Crippen LogP contribution in [0.1, 0.15) is 17.3 Å². The van der Waals surface area contributed by atoms with Crippen molar-refractivity contribution in [3.05, 3.63) is 64.0 Å². The fourth-order valence-electron chi connectivity index (χ4n) is 1.92. The lowest BCUT2D eigenvalue weighted by atomic mass is 10.1. The van der Waals surface area contributed by atoms with Crippen molar-refractivity contribution in [2.45, 2.75) is 13.0 Å². The van der Waals surface area contributed by atoms with Gasteiger partial charge < -0.3 is 15.8 Å². The van der Waals surface area contributed by atoms with Gasteiger partial charge in [0.2, 0.25) is 0 Å². The van der Waals surface area contributed by atoms with E-state index >= 15 is 0 Å². The fourth-order valence-corrected chi connectivity index (χ4v) is 1.92. The number of para-hydroxylation sites is 1. The van der Waals surface area contributed by atoms with Crippen molar-refractivity contribution >= 4 is 28.9 Å². The fraction of sp³-hybridized carbons (Fsp3) is 0.125. The van der Waals surface area contributed by atoms with Crippen molar-refractivity contribution in [3.63, 3.8) is 0 Å². The lowest BCUT2D eigenvalue weighted by Gasteiger charge is -2.14. The van der Waals surface area contributed by atoms with Gasteiger partial charge in [-0.25, -0.2) is 9.18 Å². The van der Waals surface area contributed by atoms with Gasteiger partial charge in [0.05, 0.1) is 21.9 Å². The van der Waals surface area contributed by atoms with Crippen LogP contribution in [-0.4, -0.2) is 22.9 Å². The Morgan fingerprint density at radius 1 is 1.28 bits per heavy atom. The molecule has 0 saturated heterocycles. The Labute approximate surface area is 141 Å². The topological polar surface area (TPSA) is 125 Å². The molecular formula is C16H14FN3O5. The van der Waals surface area contributed by atoms with Crippen molar-refractivity contribution in [1.29, 1.82) is 0 Å². The van der Waals surface area contributed by atoms with Crippen molar-refractivity contribution in [1.82, 2.24) is 0 Å². The van der Waals surface area contributed by atoms with Crippen LogP contribution in [0.4, 0.5) is 21.5 Å². The summed E-state index contributed by atoms with van der Waals surface area (Å²) >= 11 is 0. The summed E-state index contributed by atoms with van der Waals surface area (Å²) in [5.74, 6) is -2.29. The van der Waals surface area contributed by atoms with Crippen LogP contribution >= 0.6 is 0 Å². The van der Waals surface area contributed by atoms with E-state index in [1.54, 1.807) is 0 Å². The quantitative estimate of drug-likeness (QED) is 0.370. The van der Waals surface area contributed by atoms with Crippen LogP contribution in [0.2, 0.25) is 0 Å². The van der Waals surface area contributed by atoms with E-state index in [2.05, 4.69) is 5.32 Å². The Kier molecular flexibility index (Phi) is 5.28. The summed E-state index contributed by atoms with van der Waals surface area (Å²) in [6.45, 7) is 1.30. The summed E-state index contributed by atoms with van der Waals surface area (Å²) in [5, 5.41) is 12.9. The molecule has 1 amide bonds. The van der Waals surface area contributed by atoms with Gasteiger partial charge in [-0.05, 0) is 25.1 Å². The van der Waals surface area contributed by atoms with Gasteiger partial charge in [-0.3, -0.25) is 14.9 Å². The van der Waals surface area contributed by atoms with Crippen molar-refractivity contribution in [2.75, 3.05) is 11.1 Å². The molecule has 0 unspecified atom stereocenters. The second-order valence-electron chi connectivity index (χ2n) is 5.05. The summed E-state index contributed by atoms with van der Waals surface area (Å²) in [5.41, 5.74) is 5.00. The average molecular weight is 347 g/mol. The molecule has 0 heterocycles. The van der Waals surface area contributed by atoms with Gasteiger partial charge in [0.15, 0.2) is 6.10 Å². The molecule has 1 atom stereocenters. The molecule has 0 aliphatic rings. The number of hydrogen-bond acceptors (Lipinski definition) is 6. The first kappa shape index (κ1) is 17.9. The molecule has 9 heteroatoms. The van der Waals surface area contributed by atoms with Crippen molar-refractivity contribution in [2.24, 2.45) is 0 Å². The monoisotopic (exact) mass is 347 g/mol. The Morgan fingerprint density at radius 3 is 2.56 bits per heavy atom. The van der Waals surface area contributed by atoms with E-state index in [-0.39, 0.29) is 22.6 Å². The number of nitrogen functional groups attached to an aromatic ring is 1. The molecule has 2 aromatic carbocycles. The van der Waals surface area contributed by atoms with Crippen LogP contribution in [0.3, 0.4) is 0 Å². The van der Waals surface area contributed by atoms with Gasteiger partial charge in [-0.15, -0.1) is 0 Å². The Bertz CT molecular complexity index is 840. The zero-order chi connectivity index (χ0) is 18.6. The number of halogens is 1. The third-order valence-corrected chi connectivity index (χ3v) is 3.25. The molecule has 3 N–H and O–H groups in total. The van der Waals surface area contributed by atoms with Crippen LogP contribution < -0.4 is 11.1 Å². The Morgan fingerprint density at radius 2 is 1.96 bits per heavy atom. The van der Waals surface area contributed by atoms with E-state index < -0.39 is 28.7 Å². The predicted molar refractivity (Wildman–Crippen MR) is 87.4 cm³/mol.